The number of rotatable bonds is 5. The number of nitrogens with zero attached hydrogens (tertiary/aromatic N) is 2. The number of hydrogen-bond donors (Lipinski definition) is 0. The predicted molar refractivity (Wildman–Crippen MR) is 83.0 cm³/mol. The number of ether oxygens (including phenoxy) is 2. The highest BCUT2D eigenvalue weighted by Crippen LogP contribution is 2.28. The molecule has 1 fully saturated rings. The molecule has 0 unspecified atom stereocenters. The molecule has 22 heavy (non-hydrogen) atoms. The standard InChI is InChI=1S/C16H22N2O4/c1-3-22-14-7-5-4-6-13(14)17-8-10-18(11-9-17)15(19)12-16(20)21-2/h4-7H,3,8-12H2,1-2H3. The Morgan fingerprint density at radius 2 is 1.82 bits per heavy atom. The van der Waals surface area contributed by atoms with E-state index in [2.05, 4.69) is 9.64 Å². The fourth-order valence-corrected chi connectivity index (χ4v) is 2.50. The lowest BCUT2D eigenvalue weighted by Crippen LogP contribution is -2.49. The molecule has 2 rings (SSSR count). The van der Waals surface area contributed by atoms with E-state index < -0.39 is 5.97 Å². The zero-order valence-electron chi connectivity index (χ0n) is 13.1. The molecule has 0 aliphatic carbocycles. The van der Waals surface area contributed by atoms with Crippen LogP contribution in [-0.2, 0) is 14.3 Å². The molecule has 0 atom stereocenters. The summed E-state index contributed by atoms with van der Waals surface area (Å²) in [4.78, 5) is 27.0. The number of carbonyl (C=O) groups excluding carboxylic acids is 2. The maximum absolute atomic E-state index is 12.0. The zero-order chi connectivity index (χ0) is 15.9. The number of anilines is 1. The first kappa shape index (κ1) is 16.1. The Morgan fingerprint density at radius 1 is 1.14 bits per heavy atom. The number of amides is 1. The van der Waals surface area contributed by atoms with Gasteiger partial charge in [0.2, 0.25) is 5.91 Å². The molecule has 1 heterocycles. The van der Waals surface area contributed by atoms with E-state index in [1.54, 1.807) is 4.90 Å². The van der Waals surface area contributed by atoms with E-state index >= 15 is 0 Å². The number of methoxy groups -OCH3 is 1. The lowest BCUT2D eigenvalue weighted by molar-refractivity contribution is -0.146. The molecular weight excluding hydrogens is 284 g/mol. The van der Waals surface area contributed by atoms with Crippen LogP contribution < -0.4 is 9.64 Å². The molecule has 0 radical (unpaired) electrons. The Labute approximate surface area is 130 Å². The Morgan fingerprint density at radius 3 is 2.45 bits per heavy atom. The molecule has 120 valence electrons. The summed E-state index contributed by atoms with van der Waals surface area (Å²) >= 11 is 0. The minimum absolute atomic E-state index is 0.176. The molecule has 1 aliphatic heterocycles. The molecule has 1 aliphatic rings. The van der Waals surface area contributed by atoms with Crippen LogP contribution in [0.15, 0.2) is 24.3 Å². The van der Waals surface area contributed by atoms with Gasteiger partial charge in [-0.1, -0.05) is 12.1 Å². The summed E-state index contributed by atoms with van der Waals surface area (Å²) in [6.45, 7) is 5.20. The minimum Gasteiger partial charge on any atom is -0.492 e. The van der Waals surface area contributed by atoms with Gasteiger partial charge < -0.3 is 19.3 Å². The highest BCUT2D eigenvalue weighted by molar-refractivity contribution is 5.94. The predicted octanol–water partition coefficient (Wildman–Crippen LogP) is 1.30. The fourth-order valence-electron chi connectivity index (χ4n) is 2.50. The van der Waals surface area contributed by atoms with Crippen molar-refractivity contribution in [3.63, 3.8) is 0 Å². The number of benzene rings is 1. The molecule has 0 aromatic heterocycles. The molecule has 0 bridgehead atoms. The van der Waals surface area contributed by atoms with Crippen molar-refractivity contribution in [2.75, 3.05) is 44.8 Å². The van der Waals surface area contributed by atoms with Crippen LogP contribution >= 0.6 is 0 Å². The Balaban J connectivity index is 1.95. The van der Waals surface area contributed by atoms with Gasteiger partial charge in [0.25, 0.3) is 0 Å². The molecule has 0 saturated carbocycles. The van der Waals surface area contributed by atoms with Crippen molar-refractivity contribution in [1.82, 2.24) is 4.90 Å². The SMILES string of the molecule is CCOc1ccccc1N1CCN(C(=O)CC(=O)OC)CC1. The largest absolute Gasteiger partial charge is 0.492 e. The highest BCUT2D eigenvalue weighted by atomic mass is 16.5. The van der Waals surface area contributed by atoms with Gasteiger partial charge in [0.05, 0.1) is 19.4 Å². The quantitative estimate of drug-likeness (QED) is 0.606. The van der Waals surface area contributed by atoms with Crippen molar-refractivity contribution >= 4 is 17.6 Å². The summed E-state index contributed by atoms with van der Waals surface area (Å²) in [6.07, 6.45) is -0.188. The summed E-state index contributed by atoms with van der Waals surface area (Å²) in [5, 5.41) is 0. The molecule has 1 saturated heterocycles. The van der Waals surface area contributed by atoms with Gasteiger partial charge in [0.1, 0.15) is 12.2 Å². The van der Waals surface area contributed by atoms with Gasteiger partial charge in [-0.05, 0) is 19.1 Å². The first-order chi connectivity index (χ1) is 10.7. The lowest BCUT2D eigenvalue weighted by Gasteiger charge is -2.36. The van der Waals surface area contributed by atoms with Gasteiger partial charge in [-0.3, -0.25) is 9.59 Å². The molecule has 6 nitrogen and oxygen atoms in total. The molecule has 1 amide bonds. The van der Waals surface area contributed by atoms with E-state index in [4.69, 9.17) is 4.74 Å². The van der Waals surface area contributed by atoms with Gasteiger partial charge in [0.15, 0.2) is 0 Å². The molecule has 1 aromatic rings. The van der Waals surface area contributed by atoms with Crippen LogP contribution in [0.25, 0.3) is 0 Å². The van der Waals surface area contributed by atoms with Gasteiger partial charge in [-0.15, -0.1) is 0 Å². The Hall–Kier alpha value is -2.24. The minimum atomic E-state index is -0.492. The van der Waals surface area contributed by atoms with Gasteiger partial charge in [-0.25, -0.2) is 0 Å². The first-order valence-corrected chi connectivity index (χ1v) is 7.47. The van der Waals surface area contributed by atoms with Crippen molar-refractivity contribution < 1.29 is 19.1 Å². The van der Waals surface area contributed by atoms with E-state index in [0.717, 1.165) is 24.5 Å². The second kappa shape index (κ2) is 7.68. The maximum Gasteiger partial charge on any atom is 0.315 e. The van der Waals surface area contributed by atoms with Gasteiger partial charge >= 0.3 is 5.97 Å². The first-order valence-electron chi connectivity index (χ1n) is 7.47. The third-order valence-electron chi connectivity index (χ3n) is 3.66. The summed E-state index contributed by atoms with van der Waals surface area (Å²) < 4.78 is 10.2. The third kappa shape index (κ3) is 3.90. The normalized spacial score (nSPS) is 14.6. The Bertz CT molecular complexity index is 525. The van der Waals surface area contributed by atoms with Crippen LogP contribution in [0.5, 0.6) is 5.75 Å². The summed E-state index contributed by atoms with van der Waals surface area (Å²) in [5.41, 5.74) is 1.05. The third-order valence-corrected chi connectivity index (χ3v) is 3.66. The van der Waals surface area contributed by atoms with Crippen LogP contribution in [0.2, 0.25) is 0 Å². The topological polar surface area (TPSA) is 59.1 Å². The van der Waals surface area contributed by atoms with Gasteiger partial charge in [-0.2, -0.15) is 0 Å². The average molecular weight is 306 g/mol. The van der Waals surface area contributed by atoms with Crippen molar-refractivity contribution in [2.45, 2.75) is 13.3 Å². The van der Waals surface area contributed by atoms with Gasteiger partial charge in [0, 0.05) is 26.2 Å². The van der Waals surface area contributed by atoms with Crippen molar-refractivity contribution in [2.24, 2.45) is 0 Å². The lowest BCUT2D eigenvalue weighted by atomic mass is 10.2. The van der Waals surface area contributed by atoms with Crippen LogP contribution in [-0.4, -0.2) is 56.7 Å². The second-order valence-corrected chi connectivity index (χ2v) is 5.02. The van der Waals surface area contributed by atoms with Crippen LogP contribution in [0.3, 0.4) is 0 Å². The molecule has 6 heteroatoms. The van der Waals surface area contributed by atoms with Crippen LogP contribution in [0, 0.1) is 0 Å². The van der Waals surface area contributed by atoms with E-state index in [-0.39, 0.29) is 12.3 Å². The zero-order valence-corrected chi connectivity index (χ0v) is 13.1. The van der Waals surface area contributed by atoms with E-state index in [0.29, 0.717) is 19.7 Å². The number of piperazine rings is 1. The second-order valence-electron chi connectivity index (χ2n) is 5.02. The molecule has 0 N–H and O–H groups in total. The number of esters is 1. The molecule has 1 aromatic carbocycles. The summed E-state index contributed by atoms with van der Waals surface area (Å²) in [7, 11) is 1.29. The monoisotopic (exact) mass is 306 g/mol. The van der Waals surface area contributed by atoms with E-state index in [9.17, 15) is 9.59 Å². The van der Waals surface area contributed by atoms with E-state index in [1.807, 2.05) is 31.2 Å². The smallest absolute Gasteiger partial charge is 0.315 e. The van der Waals surface area contributed by atoms with Crippen molar-refractivity contribution in [1.29, 1.82) is 0 Å². The maximum atomic E-state index is 12.0. The van der Waals surface area contributed by atoms with E-state index in [1.165, 1.54) is 7.11 Å². The fraction of sp³-hybridized carbons (Fsp3) is 0.500. The summed E-state index contributed by atoms with van der Waals surface area (Å²) in [6, 6.07) is 7.90. The van der Waals surface area contributed by atoms with Crippen LogP contribution in [0.4, 0.5) is 5.69 Å². The highest BCUT2D eigenvalue weighted by Gasteiger charge is 2.24. The summed E-state index contributed by atoms with van der Waals surface area (Å²) in [5.74, 6) is 0.193. The number of hydrogen-bond acceptors (Lipinski definition) is 5. The van der Waals surface area contributed by atoms with Crippen LogP contribution in [0.1, 0.15) is 13.3 Å². The number of para-hydroxylation sites is 2. The average Bonchev–Trinajstić information content (AvgIpc) is 2.55. The van der Waals surface area contributed by atoms with Crippen molar-refractivity contribution in [3.05, 3.63) is 24.3 Å². The molecule has 0 spiro atoms. The Kier molecular flexibility index (Phi) is 5.63. The van der Waals surface area contributed by atoms with Crippen molar-refractivity contribution in [3.8, 4) is 5.75 Å². The molecular formula is C16H22N2O4. The number of carbonyl (C=O) groups is 2.